The number of nitrogens with one attached hydrogen (secondary N) is 2. The number of hydrogen-bond donors (Lipinski definition) is 2. The van der Waals surface area contributed by atoms with Crippen LogP contribution in [0.1, 0.15) is 0 Å². The van der Waals surface area contributed by atoms with E-state index in [9.17, 15) is 4.79 Å². The maximum absolute atomic E-state index is 11.7. The summed E-state index contributed by atoms with van der Waals surface area (Å²) in [5.41, 5.74) is 0.679. The summed E-state index contributed by atoms with van der Waals surface area (Å²) in [6.45, 7) is 0. The number of pyridine rings is 1. The average Bonchev–Trinajstić information content (AvgIpc) is 2.70. The van der Waals surface area contributed by atoms with E-state index in [-0.39, 0.29) is 11.9 Å². The van der Waals surface area contributed by atoms with Crippen LogP contribution in [0.2, 0.25) is 5.15 Å². The van der Waals surface area contributed by atoms with Crippen LogP contribution in [-0.4, -0.2) is 28.6 Å². The summed E-state index contributed by atoms with van der Waals surface area (Å²) >= 11 is 7.42. The van der Waals surface area contributed by atoms with Crippen molar-refractivity contribution in [2.45, 2.75) is 6.04 Å². The molecule has 0 radical (unpaired) electrons. The van der Waals surface area contributed by atoms with Crippen LogP contribution >= 0.6 is 23.4 Å². The summed E-state index contributed by atoms with van der Waals surface area (Å²) in [7, 11) is 0. The molecule has 2 heterocycles. The molecule has 1 aliphatic heterocycles. The van der Waals surface area contributed by atoms with Gasteiger partial charge in [-0.2, -0.15) is 0 Å². The van der Waals surface area contributed by atoms with Gasteiger partial charge < -0.3 is 5.32 Å². The lowest BCUT2D eigenvalue weighted by atomic mass is 10.3. The highest BCUT2D eigenvalue weighted by molar-refractivity contribution is 7.99. The number of carbonyl (C=O) groups excluding carboxylic acids is 1. The second-order valence-corrected chi connectivity index (χ2v) is 4.55. The SMILES string of the molecule is O=C(Nc1ccnc(Cl)c1)C1CSCN1. The van der Waals surface area contributed by atoms with Crippen molar-refractivity contribution in [3.63, 3.8) is 0 Å². The maximum atomic E-state index is 11.7. The van der Waals surface area contributed by atoms with E-state index in [4.69, 9.17) is 11.6 Å². The van der Waals surface area contributed by atoms with E-state index in [0.29, 0.717) is 10.8 Å². The van der Waals surface area contributed by atoms with Crippen LogP contribution in [0.25, 0.3) is 0 Å². The number of rotatable bonds is 2. The molecule has 4 nitrogen and oxygen atoms in total. The van der Waals surface area contributed by atoms with Gasteiger partial charge in [-0.3, -0.25) is 10.1 Å². The quantitative estimate of drug-likeness (QED) is 0.770. The molecular weight excluding hydrogens is 234 g/mol. The second kappa shape index (κ2) is 4.83. The Bertz CT molecular complexity index is 368. The van der Waals surface area contributed by atoms with Crippen LogP contribution in [0.4, 0.5) is 5.69 Å². The minimum atomic E-state index is -0.109. The molecule has 80 valence electrons. The molecule has 1 amide bonds. The fraction of sp³-hybridized carbons (Fsp3) is 0.333. The summed E-state index contributed by atoms with van der Waals surface area (Å²) < 4.78 is 0. The summed E-state index contributed by atoms with van der Waals surface area (Å²) in [6, 6.07) is 3.23. The Kier molecular flexibility index (Phi) is 3.45. The Morgan fingerprint density at radius 1 is 1.73 bits per heavy atom. The summed E-state index contributed by atoms with van der Waals surface area (Å²) in [5.74, 6) is 1.61. The first-order valence-corrected chi connectivity index (χ1v) is 6.02. The molecule has 6 heteroatoms. The minimum absolute atomic E-state index is 0.0257. The molecule has 0 saturated carbocycles. The van der Waals surface area contributed by atoms with Crippen molar-refractivity contribution >= 4 is 35.0 Å². The first kappa shape index (κ1) is 10.7. The first-order chi connectivity index (χ1) is 7.25. The van der Waals surface area contributed by atoms with E-state index >= 15 is 0 Å². The van der Waals surface area contributed by atoms with Crippen LogP contribution in [0.5, 0.6) is 0 Å². The summed E-state index contributed by atoms with van der Waals surface area (Å²) in [6.07, 6.45) is 1.56. The fourth-order valence-corrected chi connectivity index (χ4v) is 2.39. The maximum Gasteiger partial charge on any atom is 0.242 e. The Hall–Kier alpha value is -0.780. The molecule has 1 fully saturated rings. The molecule has 1 saturated heterocycles. The number of aromatic nitrogens is 1. The number of amides is 1. The third-order valence-electron chi connectivity index (χ3n) is 2.03. The highest BCUT2D eigenvalue weighted by atomic mass is 35.5. The Balaban J connectivity index is 1.99. The largest absolute Gasteiger partial charge is 0.325 e. The van der Waals surface area contributed by atoms with Gasteiger partial charge in [0.05, 0.1) is 6.04 Å². The van der Waals surface area contributed by atoms with E-state index in [2.05, 4.69) is 15.6 Å². The Morgan fingerprint density at radius 3 is 3.27 bits per heavy atom. The molecule has 1 aromatic heterocycles. The Morgan fingerprint density at radius 2 is 2.60 bits per heavy atom. The van der Waals surface area contributed by atoms with Crippen LogP contribution in [0.3, 0.4) is 0 Å². The number of thioether (sulfide) groups is 1. The molecule has 0 spiro atoms. The molecule has 0 bridgehead atoms. The summed E-state index contributed by atoms with van der Waals surface area (Å²) in [4.78, 5) is 15.5. The summed E-state index contributed by atoms with van der Waals surface area (Å²) in [5, 5.41) is 6.26. The van der Waals surface area contributed by atoms with Crippen LogP contribution in [-0.2, 0) is 4.79 Å². The zero-order valence-electron chi connectivity index (χ0n) is 7.87. The smallest absolute Gasteiger partial charge is 0.242 e. The van der Waals surface area contributed by atoms with E-state index in [1.807, 2.05) is 0 Å². The molecule has 0 aromatic carbocycles. The predicted octanol–water partition coefficient (Wildman–Crippen LogP) is 1.34. The molecule has 1 atom stereocenters. The number of carbonyl (C=O) groups is 1. The molecule has 15 heavy (non-hydrogen) atoms. The molecule has 2 N–H and O–H groups in total. The normalized spacial score (nSPS) is 20.2. The molecule has 2 rings (SSSR count). The highest BCUT2D eigenvalue weighted by Crippen LogP contribution is 2.14. The van der Waals surface area contributed by atoms with Crippen molar-refractivity contribution < 1.29 is 4.79 Å². The van der Waals surface area contributed by atoms with Crippen molar-refractivity contribution in [1.82, 2.24) is 10.3 Å². The zero-order valence-corrected chi connectivity index (χ0v) is 9.44. The standard InChI is InChI=1S/C9H10ClN3OS/c10-8-3-6(1-2-11-8)13-9(14)7-4-15-5-12-7/h1-3,7,12H,4-5H2,(H,11,13,14). The molecule has 1 aliphatic rings. The lowest BCUT2D eigenvalue weighted by molar-refractivity contribution is -0.117. The number of halogens is 1. The van der Waals surface area contributed by atoms with Gasteiger partial charge in [-0.15, -0.1) is 11.8 Å². The number of nitrogens with zero attached hydrogens (tertiary/aromatic N) is 1. The van der Waals surface area contributed by atoms with Gasteiger partial charge in [-0.25, -0.2) is 4.98 Å². The van der Waals surface area contributed by atoms with Gasteiger partial charge in [0.15, 0.2) is 0 Å². The van der Waals surface area contributed by atoms with Gasteiger partial charge in [-0.1, -0.05) is 11.6 Å². The van der Waals surface area contributed by atoms with E-state index < -0.39 is 0 Å². The van der Waals surface area contributed by atoms with Crippen molar-refractivity contribution in [3.05, 3.63) is 23.5 Å². The number of anilines is 1. The van der Waals surface area contributed by atoms with Gasteiger partial charge in [0.1, 0.15) is 5.15 Å². The lowest BCUT2D eigenvalue weighted by Gasteiger charge is -2.10. The first-order valence-electron chi connectivity index (χ1n) is 4.49. The van der Waals surface area contributed by atoms with Crippen LogP contribution in [0.15, 0.2) is 18.3 Å². The van der Waals surface area contributed by atoms with Crippen molar-refractivity contribution in [2.75, 3.05) is 16.9 Å². The predicted molar refractivity (Wildman–Crippen MR) is 62.1 cm³/mol. The Labute approximate surface area is 96.8 Å². The van der Waals surface area contributed by atoms with Crippen LogP contribution in [0, 0.1) is 0 Å². The highest BCUT2D eigenvalue weighted by Gasteiger charge is 2.22. The van der Waals surface area contributed by atoms with E-state index in [1.54, 1.807) is 30.1 Å². The average molecular weight is 244 g/mol. The number of hydrogen-bond acceptors (Lipinski definition) is 4. The topological polar surface area (TPSA) is 54.0 Å². The molecule has 0 aliphatic carbocycles. The van der Waals surface area contributed by atoms with E-state index in [0.717, 1.165) is 11.6 Å². The van der Waals surface area contributed by atoms with Crippen molar-refractivity contribution in [1.29, 1.82) is 0 Å². The molecule has 1 unspecified atom stereocenters. The van der Waals surface area contributed by atoms with Gasteiger partial charge in [0.2, 0.25) is 5.91 Å². The zero-order chi connectivity index (χ0) is 10.7. The second-order valence-electron chi connectivity index (χ2n) is 3.13. The van der Waals surface area contributed by atoms with Gasteiger partial charge >= 0.3 is 0 Å². The minimum Gasteiger partial charge on any atom is -0.325 e. The van der Waals surface area contributed by atoms with E-state index in [1.165, 1.54) is 0 Å². The van der Waals surface area contributed by atoms with Crippen molar-refractivity contribution in [3.8, 4) is 0 Å². The van der Waals surface area contributed by atoms with Crippen LogP contribution < -0.4 is 10.6 Å². The third-order valence-corrected chi connectivity index (χ3v) is 3.17. The molecular formula is C9H10ClN3OS. The third kappa shape index (κ3) is 2.84. The fourth-order valence-electron chi connectivity index (χ4n) is 1.27. The van der Waals surface area contributed by atoms with Gasteiger partial charge in [-0.05, 0) is 12.1 Å². The van der Waals surface area contributed by atoms with Gasteiger partial charge in [0.25, 0.3) is 0 Å². The lowest BCUT2D eigenvalue weighted by Crippen LogP contribution is -2.37. The monoisotopic (exact) mass is 243 g/mol. The van der Waals surface area contributed by atoms with Gasteiger partial charge in [0, 0.05) is 23.5 Å². The molecule has 1 aromatic rings. The van der Waals surface area contributed by atoms with Crippen molar-refractivity contribution in [2.24, 2.45) is 0 Å².